The first-order valence-electron chi connectivity index (χ1n) is 9.13. The number of hydrogen-bond acceptors (Lipinski definition) is 3. The van der Waals surface area contributed by atoms with Gasteiger partial charge in [-0.05, 0) is 60.9 Å². The topological polar surface area (TPSA) is 75.3 Å². The fourth-order valence-corrected chi connectivity index (χ4v) is 4.32. The number of hydrogen-bond donors (Lipinski definition) is 2. The third-order valence-electron chi connectivity index (χ3n) is 4.48. The van der Waals surface area contributed by atoms with Crippen molar-refractivity contribution in [1.82, 2.24) is 4.72 Å². The van der Waals surface area contributed by atoms with Gasteiger partial charge in [-0.15, -0.1) is 0 Å². The van der Waals surface area contributed by atoms with Crippen molar-refractivity contribution in [3.63, 3.8) is 0 Å². The lowest BCUT2D eigenvalue weighted by Crippen LogP contribution is -2.45. The van der Waals surface area contributed by atoms with Crippen molar-refractivity contribution in [2.24, 2.45) is 0 Å². The molecule has 3 aromatic carbocycles. The van der Waals surface area contributed by atoms with Crippen LogP contribution < -0.4 is 10.0 Å². The number of carbonyl (C=O) groups excluding carboxylic acids is 1. The van der Waals surface area contributed by atoms with E-state index in [0.29, 0.717) is 11.3 Å². The lowest BCUT2D eigenvalue weighted by Gasteiger charge is -2.19. The number of aryl methyl sites for hydroxylation is 1. The second kappa shape index (κ2) is 9.51. The molecule has 1 amide bonds. The average Bonchev–Trinajstić information content (AvgIpc) is 2.71. The highest BCUT2D eigenvalue weighted by Gasteiger charge is 2.26. The van der Waals surface area contributed by atoms with E-state index in [1.165, 1.54) is 24.3 Å². The van der Waals surface area contributed by atoms with Gasteiger partial charge in [-0.1, -0.05) is 52.3 Å². The van der Waals surface area contributed by atoms with Crippen LogP contribution >= 0.6 is 15.9 Å². The van der Waals surface area contributed by atoms with Gasteiger partial charge >= 0.3 is 0 Å². The Hall–Kier alpha value is -2.55. The van der Waals surface area contributed by atoms with Crippen LogP contribution in [-0.2, 0) is 21.2 Å². The maximum Gasteiger partial charge on any atom is 0.242 e. The molecule has 0 bridgehead atoms. The average molecular weight is 491 g/mol. The summed E-state index contributed by atoms with van der Waals surface area (Å²) in [5.74, 6) is -1.07. The minimum atomic E-state index is -3.96. The van der Waals surface area contributed by atoms with Crippen molar-refractivity contribution in [2.45, 2.75) is 24.3 Å². The summed E-state index contributed by atoms with van der Waals surface area (Å²) < 4.78 is 42.5. The van der Waals surface area contributed by atoms with Gasteiger partial charge in [0.25, 0.3) is 0 Å². The summed E-state index contributed by atoms with van der Waals surface area (Å²) in [5.41, 5.74) is 1.74. The van der Waals surface area contributed by atoms with Gasteiger partial charge in [-0.25, -0.2) is 12.8 Å². The summed E-state index contributed by atoms with van der Waals surface area (Å²) in [5, 5.41) is 2.64. The summed E-state index contributed by atoms with van der Waals surface area (Å²) in [6.07, 6.45) is 0.136. The van der Waals surface area contributed by atoms with E-state index in [9.17, 15) is 17.6 Å². The molecule has 0 saturated heterocycles. The molecule has 3 rings (SSSR count). The molecular weight excluding hydrogens is 471 g/mol. The van der Waals surface area contributed by atoms with Crippen molar-refractivity contribution >= 4 is 37.5 Å². The van der Waals surface area contributed by atoms with E-state index < -0.39 is 27.8 Å². The summed E-state index contributed by atoms with van der Waals surface area (Å²) in [6.45, 7) is 1.73. The minimum absolute atomic E-state index is 0.0403. The van der Waals surface area contributed by atoms with E-state index in [-0.39, 0.29) is 11.3 Å². The third kappa shape index (κ3) is 5.75. The molecule has 2 N–H and O–H groups in total. The molecule has 0 saturated carbocycles. The zero-order chi connectivity index (χ0) is 21.7. The Balaban J connectivity index is 1.88. The SMILES string of the molecule is Cc1ccc(F)cc1NC(=O)[C@H](Cc1ccccc1)NS(=O)(=O)c1ccc(Br)cc1. The summed E-state index contributed by atoms with van der Waals surface area (Å²) >= 11 is 3.27. The van der Waals surface area contributed by atoms with Crippen LogP contribution in [0.25, 0.3) is 0 Å². The smallest absolute Gasteiger partial charge is 0.242 e. The monoisotopic (exact) mass is 490 g/mol. The van der Waals surface area contributed by atoms with Crippen molar-refractivity contribution < 1.29 is 17.6 Å². The second-order valence-electron chi connectivity index (χ2n) is 6.77. The molecule has 3 aromatic rings. The van der Waals surface area contributed by atoms with Crippen LogP contribution in [0.5, 0.6) is 0 Å². The van der Waals surface area contributed by atoms with Gasteiger partial charge in [-0.2, -0.15) is 4.72 Å². The Labute approximate surface area is 183 Å². The molecule has 0 aliphatic rings. The number of sulfonamides is 1. The molecule has 156 valence electrons. The van der Waals surface area contributed by atoms with Crippen LogP contribution in [0, 0.1) is 12.7 Å². The quantitative estimate of drug-likeness (QED) is 0.514. The molecular formula is C22H20BrFN2O3S. The van der Waals surface area contributed by atoms with Gasteiger partial charge in [0.05, 0.1) is 4.90 Å². The van der Waals surface area contributed by atoms with Crippen molar-refractivity contribution in [3.8, 4) is 0 Å². The van der Waals surface area contributed by atoms with Crippen LogP contribution in [0.2, 0.25) is 0 Å². The fourth-order valence-electron chi connectivity index (χ4n) is 2.86. The maximum absolute atomic E-state index is 13.6. The van der Waals surface area contributed by atoms with Crippen molar-refractivity contribution in [1.29, 1.82) is 0 Å². The van der Waals surface area contributed by atoms with Gasteiger partial charge < -0.3 is 5.32 Å². The lowest BCUT2D eigenvalue weighted by molar-refractivity contribution is -0.117. The predicted octanol–water partition coefficient (Wildman–Crippen LogP) is 4.42. The van der Waals surface area contributed by atoms with E-state index in [4.69, 9.17) is 0 Å². The molecule has 0 spiro atoms. The van der Waals surface area contributed by atoms with Crippen LogP contribution in [0.1, 0.15) is 11.1 Å². The Morgan fingerprint density at radius 2 is 1.70 bits per heavy atom. The first kappa shape index (κ1) is 22.1. The molecule has 0 radical (unpaired) electrons. The van der Waals surface area contributed by atoms with Crippen molar-refractivity contribution in [3.05, 3.63) is 94.2 Å². The number of carbonyl (C=O) groups is 1. The zero-order valence-electron chi connectivity index (χ0n) is 16.1. The molecule has 1 atom stereocenters. The first-order chi connectivity index (χ1) is 14.2. The number of anilines is 1. The molecule has 0 aliphatic carbocycles. The standard InChI is InChI=1S/C22H20BrFN2O3S/c1-15-7-10-18(24)14-20(15)25-22(27)21(13-16-5-3-2-4-6-16)26-30(28,29)19-11-8-17(23)9-12-19/h2-12,14,21,26H,13H2,1H3,(H,25,27)/t21-/m0/s1. The molecule has 30 heavy (non-hydrogen) atoms. The highest BCUT2D eigenvalue weighted by atomic mass is 79.9. The van der Waals surface area contributed by atoms with E-state index in [2.05, 4.69) is 26.0 Å². The molecule has 8 heteroatoms. The van der Waals surface area contributed by atoms with E-state index in [1.54, 1.807) is 25.1 Å². The number of nitrogens with one attached hydrogen (secondary N) is 2. The number of benzene rings is 3. The largest absolute Gasteiger partial charge is 0.324 e. The number of rotatable bonds is 7. The van der Waals surface area contributed by atoms with E-state index in [0.717, 1.165) is 10.0 Å². The third-order valence-corrected chi connectivity index (χ3v) is 6.49. The predicted molar refractivity (Wildman–Crippen MR) is 118 cm³/mol. The molecule has 0 aliphatic heterocycles. The Bertz CT molecular complexity index is 1140. The first-order valence-corrected chi connectivity index (χ1v) is 11.4. The molecule has 0 unspecified atom stereocenters. The zero-order valence-corrected chi connectivity index (χ0v) is 18.5. The van der Waals surface area contributed by atoms with Gasteiger partial charge in [0, 0.05) is 10.2 Å². The molecule has 5 nitrogen and oxygen atoms in total. The van der Waals surface area contributed by atoms with Gasteiger partial charge in [0.2, 0.25) is 15.9 Å². The van der Waals surface area contributed by atoms with Gasteiger partial charge in [-0.3, -0.25) is 4.79 Å². The minimum Gasteiger partial charge on any atom is -0.324 e. The molecule has 0 fully saturated rings. The van der Waals surface area contributed by atoms with E-state index in [1.807, 2.05) is 30.3 Å². The summed E-state index contributed by atoms with van der Waals surface area (Å²) in [6, 6.07) is 18.1. The van der Waals surface area contributed by atoms with E-state index >= 15 is 0 Å². The maximum atomic E-state index is 13.6. The van der Waals surface area contributed by atoms with Crippen LogP contribution in [0.15, 0.2) is 82.2 Å². The number of halogens is 2. The van der Waals surface area contributed by atoms with Gasteiger partial charge in [0.1, 0.15) is 11.9 Å². The Kier molecular flexibility index (Phi) is 7.02. The number of amides is 1. The van der Waals surface area contributed by atoms with Gasteiger partial charge in [0.15, 0.2) is 0 Å². The molecule has 0 heterocycles. The summed E-state index contributed by atoms with van der Waals surface area (Å²) in [4.78, 5) is 13.0. The highest BCUT2D eigenvalue weighted by Crippen LogP contribution is 2.19. The van der Waals surface area contributed by atoms with Crippen molar-refractivity contribution in [2.75, 3.05) is 5.32 Å². The highest BCUT2D eigenvalue weighted by molar-refractivity contribution is 9.10. The fraction of sp³-hybridized carbons (Fsp3) is 0.136. The van der Waals surface area contributed by atoms with Crippen LogP contribution in [-0.4, -0.2) is 20.4 Å². The Morgan fingerprint density at radius 3 is 2.37 bits per heavy atom. The van der Waals surface area contributed by atoms with Crippen LogP contribution in [0.4, 0.5) is 10.1 Å². The van der Waals surface area contributed by atoms with Crippen LogP contribution in [0.3, 0.4) is 0 Å². The summed E-state index contributed by atoms with van der Waals surface area (Å²) in [7, 11) is -3.96. The second-order valence-corrected chi connectivity index (χ2v) is 9.40. The Morgan fingerprint density at radius 1 is 1.03 bits per heavy atom. The molecule has 0 aromatic heterocycles. The normalized spacial score (nSPS) is 12.4. The lowest BCUT2D eigenvalue weighted by atomic mass is 10.1.